The van der Waals surface area contributed by atoms with Crippen molar-refractivity contribution in [2.75, 3.05) is 37.7 Å². The first kappa shape index (κ1) is 29.3. The zero-order valence-electron chi connectivity index (χ0n) is 25.2. The number of aliphatic hydroxyl groups is 1. The molecule has 5 aliphatic heterocycles. The number of halogens is 3. The van der Waals surface area contributed by atoms with Gasteiger partial charge in [-0.15, -0.1) is 0 Å². The number of aromatic nitrogens is 5. The Morgan fingerprint density at radius 1 is 1.09 bits per heavy atom. The summed E-state index contributed by atoms with van der Waals surface area (Å²) in [5.41, 5.74) is 1.99. The highest BCUT2D eigenvalue weighted by molar-refractivity contribution is 6.33. The Bertz CT molecular complexity index is 1750. The number of nitrogens with zero attached hydrogens (tertiary/aromatic N) is 6. The predicted octanol–water partition coefficient (Wildman–Crippen LogP) is 6.01. The van der Waals surface area contributed by atoms with E-state index < -0.39 is 18.1 Å². The van der Waals surface area contributed by atoms with Crippen LogP contribution < -0.4 is 9.64 Å². The number of hydrogen-bond acceptors (Lipinski definition) is 8. The average Bonchev–Trinajstić information content (AvgIpc) is 3.72. The number of pyridine rings is 1. The summed E-state index contributed by atoms with van der Waals surface area (Å²) in [5.74, 6) is 0.298. The summed E-state index contributed by atoms with van der Waals surface area (Å²) in [7, 11) is 0. The molecule has 2 N–H and O–H groups in total. The number of ether oxygens (including phenoxy) is 1. The molecule has 1 aromatic carbocycles. The topological polar surface area (TPSA) is 103 Å². The second-order valence-electron chi connectivity index (χ2n) is 13.5. The number of H-pyrrole nitrogens is 1. The average molecular weight is 638 g/mol. The number of alkyl halides is 1. The standard InChI is InChI=1S/C33H38ClF2N7O2/c34-25-12-26-23(15-38-41-26)27-22(25)7-2-1-6-21(44)11-19-5-3-9-42(16-19)31-24-14-37-30(27)28(36)29(24)39-32(40-31)45-18-33-8-4-10-43(33)17-20(35)13-33/h12,14-15,19-21,44H,1-11,13,16-18H2,(H,38,41)/t19?,20-,21?,33+/m1/s1. The third-order valence-electron chi connectivity index (χ3n) is 10.5. The van der Waals surface area contributed by atoms with Gasteiger partial charge in [0.2, 0.25) is 0 Å². The molecule has 3 saturated heterocycles. The molecular weight excluding hydrogens is 600 g/mol. The summed E-state index contributed by atoms with van der Waals surface area (Å²) in [4.78, 5) is 18.6. The van der Waals surface area contributed by atoms with Gasteiger partial charge >= 0.3 is 6.01 Å². The van der Waals surface area contributed by atoms with E-state index in [1.165, 1.54) is 0 Å². The lowest BCUT2D eigenvalue weighted by Gasteiger charge is -2.35. The second-order valence-corrected chi connectivity index (χ2v) is 13.9. The fourth-order valence-corrected chi connectivity index (χ4v) is 8.70. The third kappa shape index (κ3) is 5.20. The summed E-state index contributed by atoms with van der Waals surface area (Å²) in [6, 6.07) is 1.91. The van der Waals surface area contributed by atoms with Gasteiger partial charge in [-0.1, -0.05) is 18.0 Å². The van der Waals surface area contributed by atoms with Gasteiger partial charge in [-0.3, -0.25) is 15.0 Å². The van der Waals surface area contributed by atoms with E-state index in [0.29, 0.717) is 66.1 Å². The van der Waals surface area contributed by atoms with E-state index in [-0.39, 0.29) is 35.3 Å². The van der Waals surface area contributed by atoms with E-state index in [0.717, 1.165) is 62.6 Å². The van der Waals surface area contributed by atoms with Crippen molar-refractivity contribution in [3.05, 3.63) is 34.9 Å². The quantitative estimate of drug-likeness (QED) is 0.282. The summed E-state index contributed by atoms with van der Waals surface area (Å²) in [6.45, 7) is 2.96. The first-order chi connectivity index (χ1) is 21.9. The van der Waals surface area contributed by atoms with Gasteiger partial charge < -0.3 is 14.7 Å². The molecule has 5 aliphatic rings. The summed E-state index contributed by atoms with van der Waals surface area (Å²) in [5, 5.41) is 19.9. The Morgan fingerprint density at radius 3 is 2.91 bits per heavy atom. The highest BCUT2D eigenvalue weighted by atomic mass is 35.5. The van der Waals surface area contributed by atoms with Crippen molar-refractivity contribution >= 4 is 39.2 Å². The van der Waals surface area contributed by atoms with Crippen LogP contribution in [0.15, 0.2) is 18.5 Å². The first-order valence-corrected chi connectivity index (χ1v) is 16.7. The molecule has 45 heavy (non-hydrogen) atoms. The van der Waals surface area contributed by atoms with Crippen molar-refractivity contribution < 1.29 is 18.6 Å². The monoisotopic (exact) mass is 637 g/mol. The molecule has 0 spiro atoms. The molecule has 0 aliphatic carbocycles. The lowest BCUT2D eigenvalue weighted by Crippen LogP contribution is -2.43. The Kier molecular flexibility index (Phi) is 7.53. The molecule has 8 heterocycles. The van der Waals surface area contributed by atoms with Crippen LogP contribution in [-0.2, 0) is 6.42 Å². The first-order valence-electron chi connectivity index (χ1n) is 16.3. The van der Waals surface area contributed by atoms with Gasteiger partial charge in [0.1, 0.15) is 29.8 Å². The van der Waals surface area contributed by atoms with Crippen LogP contribution in [0.1, 0.15) is 63.4 Å². The van der Waals surface area contributed by atoms with E-state index in [9.17, 15) is 9.50 Å². The number of nitrogens with one attached hydrogen (secondary N) is 1. The Labute approximate surface area is 265 Å². The van der Waals surface area contributed by atoms with Crippen molar-refractivity contribution in [3.8, 4) is 17.3 Å². The van der Waals surface area contributed by atoms with E-state index in [2.05, 4.69) is 25.0 Å². The lowest BCUT2D eigenvalue weighted by atomic mass is 9.89. The van der Waals surface area contributed by atoms with Crippen LogP contribution in [0.3, 0.4) is 0 Å². The normalized spacial score (nSPS) is 27.5. The Morgan fingerprint density at radius 2 is 2.00 bits per heavy atom. The SMILES string of the molecule is OC1CCCCc2c(Cl)cc3[nH]ncc3c2-c2ncc3c(nc(OC[C@@]45CCCN4C[C@H](F)C5)nc3c2F)N2CCCC(C1)C2. The molecule has 4 atom stereocenters. The number of hydrogen-bond donors (Lipinski definition) is 2. The van der Waals surface area contributed by atoms with Crippen molar-refractivity contribution in [2.45, 2.75) is 82.0 Å². The predicted molar refractivity (Wildman–Crippen MR) is 169 cm³/mol. The maximum Gasteiger partial charge on any atom is 0.319 e. The molecule has 9 nitrogen and oxygen atoms in total. The van der Waals surface area contributed by atoms with Crippen LogP contribution in [-0.4, -0.2) is 85.8 Å². The van der Waals surface area contributed by atoms with Crippen LogP contribution in [0, 0.1) is 11.7 Å². The molecule has 2 unspecified atom stereocenters. The smallest absolute Gasteiger partial charge is 0.319 e. The zero-order valence-corrected chi connectivity index (χ0v) is 26.0. The minimum atomic E-state index is -0.882. The Balaban J connectivity index is 1.29. The highest BCUT2D eigenvalue weighted by Crippen LogP contribution is 2.42. The number of fused-ring (bicyclic) bond motifs is 8. The van der Waals surface area contributed by atoms with Gasteiger partial charge in [0.25, 0.3) is 0 Å². The molecule has 238 valence electrons. The summed E-state index contributed by atoms with van der Waals surface area (Å²) < 4.78 is 37.8. The molecule has 3 aromatic heterocycles. The van der Waals surface area contributed by atoms with E-state index >= 15 is 4.39 Å². The fourth-order valence-electron chi connectivity index (χ4n) is 8.40. The van der Waals surface area contributed by atoms with Crippen LogP contribution in [0.2, 0.25) is 5.02 Å². The maximum absolute atomic E-state index is 17.0. The molecule has 0 radical (unpaired) electrons. The molecule has 6 bridgehead atoms. The van der Waals surface area contributed by atoms with Crippen LogP contribution in [0.5, 0.6) is 6.01 Å². The minimum absolute atomic E-state index is 0.0835. The molecule has 3 fully saturated rings. The highest BCUT2D eigenvalue weighted by Gasteiger charge is 2.49. The second kappa shape index (κ2) is 11.6. The largest absolute Gasteiger partial charge is 0.461 e. The molecule has 0 saturated carbocycles. The summed E-state index contributed by atoms with van der Waals surface area (Å²) in [6.07, 6.45) is 9.92. The fraction of sp³-hybridized carbons (Fsp3) is 0.576. The van der Waals surface area contributed by atoms with Gasteiger partial charge in [-0.2, -0.15) is 15.1 Å². The maximum atomic E-state index is 17.0. The molecule has 4 aromatic rings. The summed E-state index contributed by atoms with van der Waals surface area (Å²) >= 11 is 6.83. The van der Waals surface area contributed by atoms with E-state index in [4.69, 9.17) is 26.3 Å². The van der Waals surface area contributed by atoms with Crippen LogP contribution in [0.4, 0.5) is 14.6 Å². The number of piperidine rings is 1. The number of aromatic amines is 1. The number of anilines is 1. The third-order valence-corrected chi connectivity index (χ3v) is 10.9. The molecular formula is C33H38ClF2N7O2. The molecule has 12 heteroatoms. The Hall–Kier alpha value is -3.15. The molecule has 0 amide bonds. The number of benzene rings is 1. The van der Waals surface area contributed by atoms with Crippen molar-refractivity contribution in [2.24, 2.45) is 5.92 Å². The van der Waals surface area contributed by atoms with Gasteiger partial charge in [-0.05, 0) is 75.5 Å². The van der Waals surface area contributed by atoms with Gasteiger partial charge in [-0.25, -0.2) is 8.78 Å². The molecule has 9 rings (SSSR count). The van der Waals surface area contributed by atoms with E-state index in [1.807, 2.05) is 6.07 Å². The zero-order chi connectivity index (χ0) is 30.7. The van der Waals surface area contributed by atoms with Crippen LogP contribution >= 0.6 is 11.6 Å². The van der Waals surface area contributed by atoms with Crippen molar-refractivity contribution in [1.82, 2.24) is 30.0 Å². The van der Waals surface area contributed by atoms with Crippen LogP contribution in [0.25, 0.3) is 33.1 Å². The van der Waals surface area contributed by atoms with Gasteiger partial charge in [0, 0.05) is 48.2 Å². The van der Waals surface area contributed by atoms with Crippen molar-refractivity contribution in [1.29, 1.82) is 0 Å². The number of rotatable bonds is 3. The van der Waals surface area contributed by atoms with Gasteiger partial charge in [0.15, 0.2) is 5.82 Å². The minimum Gasteiger partial charge on any atom is -0.461 e. The van der Waals surface area contributed by atoms with Gasteiger partial charge in [0.05, 0.1) is 28.7 Å². The lowest BCUT2D eigenvalue weighted by molar-refractivity contribution is 0.107. The van der Waals surface area contributed by atoms with E-state index in [1.54, 1.807) is 12.4 Å². The number of aliphatic hydroxyl groups excluding tert-OH is 1. The van der Waals surface area contributed by atoms with Crippen molar-refractivity contribution in [3.63, 3.8) is 0 Å².